The molecule has 0 heterocycles. The maximum absolute atomic E-state index is 2.46. The molecule has 0 aliphatic heterocycles. The quantitative estimate of drug-likeness (QED) is 0.611. The van der Waals surface area contributed by atoms with Gasteiger partial charge in [-0.25, -0.2) is 0 Å². The smallest absolute Gasteiger partial charge is 0.0355 e. The van der Waals surface area contributed by atoms with E-state index in [1.807, 2.05) is 0 Å². The molecule has 0 aromatic heterocycles. The van der Waals surface area contributed by atoms with Gasteiger partial charge in [0.2, 0.25) is 0 Å². The Balaban J connectivity index is 2.63. The Morgan fingerprint density at radius 2 is 1.71 bits per heavy atom. The molecule has 0 bridgehead atoms. The van der Waals surface area contributed by atoms with Gasteiger partial charge in [-0.3, -0.25) is 0 Å². The molecule has 0 radical (unpaired) electrons. The first-order valence-electron chi connectivity index (χ1n) is 6.56. The van der Waals surface area contributed by atoms with Crippen LogP contribution in [0.3, 0.4) is 0 Å². The van der Waals surface area contributed by atoms with Crippen LogP contribution >= 0.6 is 0 Å². The number of hydrogen-bond donors (Lipinski definition) is 0. The first kappa shape index (κ1) is 12.1. The van der Waals surface area contributed by atoms with E-state index < -0.39 is 0 Å². The van der Waals surface area contributed by atoms with Crippen molar-refractivity contribution in [1.82, 2.24) is 0 Å². The highest BCUT2D eigenvalue weighted by Crippen LogP contribution is 2.42. The van der Waals surface area contributed by atoms with Gasteiger partial charge in [0.05, 0.1) is 0 Å². The molecule has 0 nitrogen and oxygen atoms in total. The lowest BCUT2D eigenvalue weighted by molar-refractivity contribution is 0.0971. The summed E-state index contributed by atoms with van der Waals surface area (Å²) in [4.78, 5) is 0. The van der Waals surface area contributed by atoms with Gasteiger partial charge in [-0.05, 0) is 42.4 Å². The highest BCUT2D eigenvalue weighted by atomic mass is 14.4. The molecule has 0 spiro atoms. The summed E-state index contributed by atoms with van der Waals surface area (Å²) in [5, 5.41) is 0. The van der Waals surface area contributed by atoms with Crippen LogP contribution in [0.25, 0.3) is 0 Å². The van der Waals surface area contributed by atoms with Crippen molar-refractivity contribution in [3.8, 4) is 0 Å². The van der Waals surface area contributed by atoms with Gasteiger partial charge in [-0.15, -0.1) is 0 Å². The molecule has 0 saturated heterocycles. The van der Waals surface area contributed by atoms with Crippen LogP contribution in [0.2, 0.25) is 0 Å². The van der Waals surface area contributed by atoms with Crippen LogP contribution in [0.5, 0.6) is 0 Å². The summed E-state index contributed by atoms with van der Waals surface area (Å²) in [7, 11) is 0. The van der Waals surface area contributed by atoms with E-state index in [9.17, 15) is 0 Å². The van der Waals surface area contributed by atoms with E-state index in [-0.39, 0.29) is 0 Å². The molecule has 14 heavy (non-hydrogen) atoms. The molecule has 1 aliphatic carbocycles. The van der Waals surface area contributed by atoms with Crippen molar-refractivity contribution in [2.75, 3.05) is 0 Å². The normalized spacial score (nSPS) is 36.0. The maximum atomic E-state index is 2.46. The van der Waals surface area contributed by atoms with Crippen molar-refractivity contribution in [3.63, 3.8) is 0 Å². The molecule has 1 aliphatic rings. The highest BCUT2D eigenvalue weighted by Gasteiger charge is 2.33. The molecule has 1 unspecified atom stereocenters. The molecular weight excluding hydrogens is 168 g/mol. The minimum Gasteiger partial charge on any atom is -0.0651 e. The fourth-order valence-electron chi connectivity index (χ4n) is 3.23. The van der Waals surface area contributed by atoms with Crippen LogP contribution in [0, 0.1) is 29.6 Å². The molecule has 1 rings (SSSR count). The molecule has 4 atom stereocenters. The molecule has 1 saturated carbocycles. The molecule has 0 aromatic carbocycles. The second-order valence-corrected chi connectivity index (χ2v) is 5.88. The third-order valence-corrected chi connectivity index (χ3v) is 4.45. The van der Waals surface area contributed by atoms with Crippen LogP contribution in [-0.2, 0) is 0 Å². The summed E-state index contributed by atoms with van der Waals surface area (Å²) in [6, 6.07) is 0. The molecule has 84 valence electrons. The molecule has 0 aromatic rings. The first-order valence-corrected chi connectivity index (χ1v) is 6.56. The predicted octanol–water partition coefficient (Wildman–Crippen LogP) is 4.74. The van der Waals surface area contributed by atoms with Crippen LogP contribution in [-0.4, -0.2) is 0 Å². The van der Waals surface area contributed by atoms with Gasteiger partial charge in [0.25, 0.3) is 0 Å². The van der Waals surface area contributed by atoms with Crippen LogP contribution in [0.4, 0.5) is 0 Å². The van der Waals surface area contributed by atoms with Crippen molar-refractivity contribution in [2.24, 2.45) is 29.6 Å². The van der Waals surface area contributed by atoms with E-state index >= 15 is 0 Å². The van der Waals surface area contributed by atoms with Gasteiger partial charge in [-0.1, -0.05) is 47.5 Å². The van der Waals surface area contributed by atoms with Gasteiger partial charge < -0.3 is 0 Å². The van der Waals surface area contributed by atoms with Gasteiger partial charge in [0, 0.05) is 0 Å². The Morgan fingerprint density at radius 3 is 2.21 bits per heavy atom. The van der Waals surface area contributed by atoms with E-state index in [1.54, 1.807) is 0 Å². The van der Waals surface area contributed by atoms with Gasteiger partial charge >= 0.3 is 0 Å². The first-order chi connectivity index (χ1) is 6.56. The van der Waals surface area contributed by atoms with Crippen LogP contribution < -0.4 is 0 Å². The zero-order chi connectivity index (χ0) is 10.7. The van der Waals surface area contributed by atoms with Crippen LogP contribution in [0.1, 0.15) is 60.3 Å². The van der Waals surface area contributed by atoms with Gasteiger partial charge in [-0.2, -0.15) is 0 Å². The Bertz CT molecular complexity index is 159. The average molecular weight is 196 g/mol. The zero-order valence-electron chi connectivity index (χ0n) is 10.7. The van der Waals surface area contributed by atoms with Crippen molar-refractivity contribution >= 4 is 0 Å². The lowest BCUT2D eigenvalue weighted by Gasteiger charge is -2.40. The third kappa shape index (κ3) is 2.74. The van der Waals surface area contributed by atoms with E-state index in [4.69, 9.17) is 0 Å². The third-order valence-electron chi connectivity index (χ3n) is 4.45. The Kier molecular flexibility index (Phi) is 4.47. The second-order valence-electron chi connectivity index (χ2n) is 5.88. The number of hydrogen-bond acceptors (Lipinski definition) is 0. The molecular formula is C14H28. The number of rotatable bonds is 3. The van der Waals surface area contributed by atoms with Gasteiger partial charge in [0.15, 0.2) is 0 Å². The summed E-state index contributed by atoms with van der Waals surface area (Å²) >= 11 is 0. The highest BCUT2D eigenvalue weighted by molar-refractivity contribution is 4.83. The van der Waals surface area contributed by atoms with E-state index in [1.165, 1.54) is 25.7 Å². The van der Waals surface area contributed by atoms with E-state index in [2.05, 4.69) is 34.6 Å². The summed E-state index contributed by atoms with van der Waals surface area (Å²) < 4.78 is 0. The summed E-state index contributed by atoms with van der Waals surface area (Å²) in [5.74, 6) is 4.81. The minimum absolute atomic E-state index is 0.890. The fraction of sp³-hybridized carbons (Fsp3) is 1.00. The lowest BCUT2D eigenvalue weighted by Crippen LogP contribution is -2.31. The summed E-state index contributed by atoms with van der Waals surface area (Å²) in [6.45, 7) is 12.1. The monoisotopic (exact) mass is 196 g/mol. The molecule has 0 heteroatoms. The van der Waals surface area contributed by atoms with Crippen molar-refractivity contribution < 1.29 is 0 Å². The predicted molar refractivity (Wildman–Crippen MR) is 64.3 cm³/mol. The zero-order valence-corrected chi connectivity index (χ0v) is 10.7. The lowest BCUT2D eigenvalue weighted by atomic mass is 9.65. The summed E-state index contributed by atoms with van der Waals surface area (Å²) in [5.41, 5.74) is 0. The standard InChI is InChI=1S/C14H28/c1-6-12(5)14-9-11(4)7-8-13(14)10(2)3/h10-14H,6-9H2,1-5H3/t11-,12+,13+,14?/m1/s1. The topological polar surface area (TPSA) is 0 Å². The van der Waals surface area contributed by atoms with Crippen LogP contribution in [0.15, 0.2) is 0 Å². The Hall–Kier alpha value is 0. The molecule has 0 N–H and O–H groups in total. The molecule has 0 amide bonds. The summed E-state index contributed by atoms with van der Waals surface area (Å²) in [6.07, 6.45) is 5.79. The Morgan fingerprint density at radius 1 is 1.07 bits per heavy atom. The SMILES string of the molecule is CC[C@H](C)C1C[C@H](C)CC[C@H]1C(C)C. The average Bonchev–Trinajstić information content (AvgIpc) is 2.16. The second kappa shape index (κ2) is 5.19. The Labute approximate surface area is 90.5 Å². The molecule has 1 fully saturated rings. The van der Waals surface area contributed by atoms with E-state index in [0.717, 1.165) is 29.6 Å². The largest absolute Gasteiger partial charge is 0.0651 e. The van der Waals surface area contributed by atoms with Crippen molar-refractivity contribution in [3.05, 3.63) is 0 Å². The van der Waals surface area contributed by atoms with Crippen molar-refractivity contribution in [1.29, 1.82) is 0 Å². The van der Waals surface area contributed by atoms with Crippen molar-refractivity contribution in [2.45, 2.75) is 60.3 Å². The maximum Gasteiger partial charge on any atom is -0.0355 e. The van der Waals surface area contributed by atoms with Gasteiger partial charge in [0.1, 0.15) is 0 Å². The minimum atomic E-state index is 0.890. The fourth-order valence-corrected chi connectivity index (χ4v) is 3.23. The van der Waals surface area contributed by atoms with E-state index in [0.29, 0.717) is 0 Å².